The standard InChI is InChI=1S/C29H29N3O3/c30-13-15-32-27(20-12-14-31-22(16-20)11-10-19-6-2-1-3-7-19)26-25-21(17-33)18-35-29(25)24-9-5-4-8-23(24)28(26)34/h1-9,12,14,16,18,27,32-34H,10-11,13,15,17,30H2. The molecule has 3 aromatic carbocycles. The fourth-order valence-electron chi connectivity index (χ4n) is 4.78. The van der Waals surface area contributed by atoms with Crippen LogP contribution in [0.3, 0.4) is 0 Å². The van der Waals surface area contributed by atoms with Crippen molar-refractivity contribution in [2.45, 2.75) is 25.5 Å². The lowest BCUT2D eigenvalue weighted by Gasteiger charge is -2.23. The van der Waals surface area contributed by atoms with Crippen molar-refractivity contribution in [3.63, 3.8) is 0 Å². The number of aliphatic hydroxyl groups is 1. The average Bonchev–Trinajstić information content (AvgIpc) is 3.34. The monoisotopic (exact) mass is 467 g/mol. The molecule has 0 aliphatic heterocycles. The molecule has 2 aromatic heterocycles. The number of aliphatic hydroxyl groups excluding tert-OH is 1. The first-order chi connectivity index (χ1) is 17.2. The van der Waals surface area contributed by atoms with Gasteiger partial charge in [-0.25, -0.2) is 0 Å². The maximum absolute atomic E-state index is 11.5. The number of aromatic hydroxyl groups is 1. The summed E-state index contributed by atoms with van der Waals surface area (Å²) in [5.74, 6) is 0.168. The van der Waals surface area contributed by atoms with Gasteiger partial charge in [-0.15, -0.1) is 0 Å². The van der Waals surface area contributed by atoms with Crippen LogP contribution in [0.5, 0.6) is 5.75 Å². The van der Waals surface area contributed by atoms with Gasteiger partial charge in [0.1, 0.15) is 11.3 Å². The first-order valence-electron chi connectivity index (χ1n) is 11.9. The molecular weight excluding hydrogens is 438 g/mol. The van der Waals surface area contributed by atoms with Gasteiger partial charge in [0.15, 0.2) is 0 Å². The highest BCUT2D eigenvalue weighted by Crippen LogP contribution is 2.44. The van der Waals surface area contributed by atoms with Crippen molar-refractivity contribution in [2.24, 2.45) is 5.73 Å². The Morgan fingerprint density at radius 1 is 0.971 bits per heavy atom. The summed E-state index contributed by atoms with van der Waals surface area (Å²) in [7, 11) is 0. The minimum absolute atomic E-state index is 0.168. The number of aromatic nitrogens is 1. The highest BCUT2D eigenvalue weighted by atomic mass is 16.3. The fourth-order valence-corrected chi connectivity index (χ4v) is 4.78. The van der Waals surface area contributed by atoms with Gasteiger partial charge in [-0.3, -0.25) is 4.98 Å². The number of rotatable bonds is 9. The molecule has 1 unspecified atom stereocenters. The molecule has 5 aromatic rings. The minimum Gasteiger partial charge on any atom is -0.507 e. The molecule has 35 heavy (non-hydrogen) atoms. The van der Waals surface area contributed by atoms with E-state index < -0.39 is 0 Å². The number of nitrogens with two attached hydrogens (primary N) is 1. The van der Waals surface area contributed by atoms with Crippen LogP contribution in [0.25, 0.3) is 21.7 Å². The van der Waals surface area contributed by atoms with Gasteiger partial charge in [0.2, 0.25) is 0 Å². The highest BCUT2D eigenvalue weighted by molar-refractivity contribution is 6.10. The van der Waals surface area contributed by atoms with Crippen LogP contribution in [0, 0.1) is 0 Å². The van der Waals surface area contributed by atoms with Crippen LogP contribution in [0.4, 0.5) is 0 Å². The molecule has 0 radical (unpaired) electrons. The molecule has 6 nitrogen and oxygen atoms in total. The SMILES string of the molecule is NCCNC(c1ccnc(CCc2ccccc2)c1)c1c(O)c2ccccc2c2occ(CO)c12. The number of phenolic OH excluding ortho intramolecular Hbond substituents is 1. The van der Waals surface area contributed by atoms with Crippen molar-refractivity contribution in [3.05, 3.63) is 107 Å². The molecule has 0 fully saturated rings. The number of aryl methyl sites for hydroxylation is 2. The molecule has 0 spiro atoms. The third-order valence-corrected chi connectivity index (χ3v) is 6.46. The molecule has 0 saturated heterocycles. The van der Waals surface area contributed by atoms with E-state index in [0.29, 0.717) is 35.2 Å². The first kappa shape index (κ1) is 23.1. The summed E-state index contributed by atoms with van der Waals surface area (Å²) in [5, 5.41) is 27.3. The molecule has 5 N–H and O–H groups in total. The van der Waals surface area contributed by atoms with Crippen molar-refractivity contribution in [2.75, 3.05) is 13.1 Å². The van der Waals surface area contributed by atoms with Crippen LogP contribution < -0.4 is 11.1 Å². The second-order valence-electron chi connectivity index (χ2n) is 8.67. The lowest BCUT2D eigenvalue weighted by Crippen LogP contribution is -2.28. The number of nitrogens with one attached hydrogen (secondary N) is 1. The van der Waals surface area contributed by atoms with E-state index in [2.05, 4.69) is 28.5 Å². The number of pyridine rings is 1. The van der Waals surface area contributed by atoms with Gasteiger partial charge in [-0.05, 0) is 36.1 Å². The van der Waals surface area contributed by atoms with Gasteiger partial charge in [0.05, 0.1) is 18.9 Å². The van der Waals surface area contributed by atoms with Crippen molar-refractivity contribution in [1.29, 1.82) is 0 Å². The van der Waals surface area contributed by atoms with Crippen LogP contribution in [0.2, 0.25) is 0 Å². The molecule has 0 aliphatic carbocycles. The Kier molecular flexibility index (Phi) is 6.77. The molecule has 0 saturated carbocycles. The summed E-state index contributed by atoms with van der Waals surface area (Å²) in [6.45, 7) is 0.796. The number of furan rings is 1. The summed E-state index contributed by atoms with van der Waals surface area (Å²) < 4.78 is 5.91. The van der Waals surface area contributed by atoms with Crippen molar-refractivity contribution in [3.8, 4) is 5.75 Å². The van der Waals surface area contributed by atoms with Crippen LogP contribution >= 0.6 is 0 Å². The zero-order valence-electron chi connectivity index (χ0n) is 19.4. The summed E-state index contributed by atoms with van der Waals surface area (Å²) in [6, 6.07) is 21.6. The maximum atomic E-state index is 11.5. The Hall–Kier alpha value is -3.71. The van der Waals surface area contributed by atoms with Crippen LogP contribution in [0.15, 0.2) is 83.6 Å². The molecule has 1 atom stereocenters. The molecular formula is C29H29N3O3. The number of phenols is 1. The predicted octanol–water partition coefficient (Wildman–Crippen LogP) is 4.60. The smallest absolute Gasteiger partial charge is 0.142 e. The van der Waals surface area contributed by atoms with Crippen molar-refractivity contribution < 1.29 is 14.6 Å². The van der Waals surface area contributed by atoms with E-state index in [0.717, 1.165) is 34.9 Å². The number of nitrogens with zero attached hydrogens (tertiary/aromatic N) is 1. The van der Waals surface area contributed by atoms with Gasteiger partial charge in [0, 0.05) is 52.3 Å². The second kappa shape index (κ2) is 10.3. The quantitative estimate of drug-likeness (QED) is 0.253. The summed E-state index contributed by atoms with van der Waals surface area (Å²) in [6.07, 6.45) is 5.07. The Balaban J connectivity index is 1.63. The maximum Gasteiger partial charge on any atom is 0.142 e. The zero-order chi connectivity index (χ0) is 24.2. The van der Waals surface area contributed by atoms with E-state index in [9.17, 15) is 10.2 Å². The van der Waals surface area contributed by atoms with Gasteiger partial charge in [0.25, 0.3) is 0 Å². The van der Waals surface area contributed by atoms with E-state index >= 15 is 0 Å². The number of benzene rings is 3. The van der Waals surface area contributed by atoms with Crippen molar-refractivity contribution >= 4 is 21.7 Å². The number of fused-ring (bicyclic) bond motifs is 3. The molecule has 5 rings (SSSR count). The molecule has 2 heterocycles. The first-order valence-corrected chi connectivity index (χ1v) is 11.9. The van der Waals surface area contributed by atoms with E-state index in [1.165, 1.54) is 5.56 Å². The molecule has 0 amide bonds. The largest absolute Gasteiger partial charge is 0.507 e. The van der Waals surface area contributed by atoms with Crippen molar-refractivity contribution in [1.82, 2.24) is 10.3 Å². The van der Waals surface area contributed by atoms with Crippen LogP contribution in [0.1, 0.15) is 34.0 Å². The molecule has 0 aliphatic rings. The van der Waals surface area contributed by atoms with E-state index in [1.54, 1.807) is 6.26 Å². The lowest BCUT2D eigenvalue weighted by atomic mass is 9.90. The highest BCUT2D eigenvalue weighted by Gasteiger charge is 2.26. The lowest BCUT2D eigenvalue weighted by molar-refractivity contribution is 0.281. The minimum atomic E-state index is -0.368. The molecule has 178 valence electrons. The summed E-state index contributed by atoms with van der Waals surface area (Å²) in [4.78, 5) is 4.60. The van der Waals surface area contributed by atoms with Gasteiger partial charge >= 0.3 is 0 Å². The Labute approximate surface area is 204 Å². The topological polar surface area (TPSA) is 105 Å². The van der Waals surface area contributed by atoms with E-state index in [-0.39, 0.29) is 18.4 Å². The molecule has 0 bridgehead atoms. The average molecular weight is 468 g/mol. The predicted molar refractivity (Wildman–Crippen MR) is 138 cm³/mol. The summed E-state index contributed by atoms with van der Waals surface area (Å²) in [5.41, 5.74) is 11.0. The normalized spacial score (nSPS) is 12.4. The number of hydrogen-bond donors (Lipinski definition) is 4. The van der Waals surface area contributed by atoms with Gasteiger partial charge in [-0.1, -0.05) is 54.6 Å². The van der Waals surface area contributed by atoms with E-state index in [4.69, 9.17) is 10.2 Å². The Bertz CT molecular complexity index is 1450. The third kappa shape index (κ3) is 4.51. The summed E-state index contributed by atoms with van der Waals surface area (Å²) >= 11 is 0. The number of hydrogen-bond acceptors (Lipinski definition) is 6. The zero-order valence-corrected chi connectivity index (χ0v) is 19.4. The Morgan fingerprint density at radius 3 is 2.51 bits per heavy atom. The molecule has 6 heteroatoms. The van der Waals surface area contributed by atoms with Gasteiger partial charge in [-0.2, -0.15) is 0 Å². The Morgan fingerprint density at radius 2 is 1.74 bits per heavy atom. The third-order valence-electron chi connectivity index (χ3n) is 6.46. The van der Waals surface area contributed by atoms with Crippen LogP contribution in [-0.4, -0.2) is 28.3 Å². The van der Waals surface area contributed by atoms with Crippen LogP contribution in [-0.2, 0) is 19.4 Å². The van der Waals surface area contributed by atoms with E-state index in [1.807, 2.05) is 54.7 Å². The second-order valence-corrected chi connectivity index (χ2v) is 8.67. The van der Waals surface area contributed by atoms with Gasteiger partial charge < -0.3 is 25.7 Å². The fraction of sp³-hybridized carbons (Fsp3) is 0.207.